The smallest absolute Gasteiger partial charge is 0.0638 e. The number of hydrogen-bond donors (Lipinski definition) is 1. The topological polar surface area (TPSA) is 33.1 Å². The molecule has 5 heteroatoms. The van der Waals surface area contributed by atoms with Gasteiger partial charge in [-0.2, -0.15) is 5.10 Å². The van der Waals surface area contributed by atoms with Crippen molar-refractivity contribution in [3.05, 3.63) is 17.5 Å². The third kappa shape index (κ3) is 3.61. The maximum atomic E-state index is 4.64. The van der Waals surface area contributed by atoms with Crippen molar-refractivity contribution in [1.29, 1.82) is 0 Å². The lowest BCUT2D eigenvalue weighted by Crippen LogP contribution is -2.38. The summed E-state index contributed by atoms with van der Waals surface area (Å²) in [5, 5.41) is 8.13. The number of hydrogen-bond acceptors (Lipinski definition) is 3. The van der Waals surface area contributed by atoms with E-state index < -0.39 is 0 Å². The molecular weight excluding hydrogens is 284 g/mol. The number of aryl methyl sites for hydroxylation is 1. The first-order valence-electron chi connectivity index (χ1n) is 8.06. The molecule has 1 N–H and O–H groups in total. The van der Waals surface area contributed by atoms with Crippen LogP contribution in [0.3, 0.4) is 0 Å². The Labute approximate surface area is 134 Å². The molecule has 0 aliphatic carbocycles. The summed E-state index contributed by atoms with van der Waals surface area (Å²) in [4.78, 5) is 2.64. The van der Waals surface area contributed by atoms with Gasteiger partial charge in [-0.1, -0.05) is 0 Å². The first kappa shape index (κ1) is 16.8. The monoisotopic (exact) mass is 312 g/mol. The zero-order chi connectivity index (χ0) is 14.2. The maximum Gasteiger partial charge on any atom is 0.0638 e. The van der Waals surface area contributed by atoms with Gasteiger partial charge >= 0.3 is 0 Å². The Morgan fingerprint density at radius 2 is 2.00 bits per heavy atom. The molecule has 0 radical (unpaired) electrons. The van der Waals surface area contributed by atoms with Crippen molar-refractivity contribution in [2.24, 2.45) is 5.41 Å². The van der Waals surface area contributed by atoms with Gasteiger partial charge in [0, 0.05) is 30.9 Å². The molecule has 0 aromatic carbocycles. The van der Waals surface area contributed by atoms with E-state index in [0.717, 1.165) is 6.54 Å². The van der Waals surface area contributed by atoms with Crippen LogP contribution in [0.4, 0.5) is 0 Å². The van der Waals surface area contributed by atoms with Gasteiger partial charge in [0.05, 0.1) is 5.69 Å². The Morgan fingerprint density at radius 1 is 1.29 bits per heavy atom. The maximum absolute atomic E-state index is 4.64. The summed E-state index contributed by atoms with van der Waals surface area (Å²) in [6.45, 7) is 12.5. The summed E-state index contributed by atoms with van der Waals surface area (Å²) >= 11 is 0. The van der Waals surface area contributed by atoms with Gasteiger partial charge in [-0.05, 0) is 65.1 Å². The van der Waals surface area contributed by atoms with Gasteiger partial charge in [-0.3, -0.25) is 9.58 Å². The van der Waals surface area contributed by atoms with E-state index in [9.17, 15) is 0 Å². The highest BCUT2D eigenvalue weighted by atomic mass is 35.5. The minimum absolute atomic E-state index is 0. The molecule has 2 saturated heterocycles. The molecule has 0 bridgehead atoms. The van der Waals surface area contributed by atoms with E-state index in [1.54, 1.807) is 0 Å². The number of halogens is 1. The molecule has 21 heavy (non-hydrogen) atoms. The van der Waals surface area contributed by atoms with E-state index in [4.69, 9.17) is 0 Å². The largest absolute Gasteiger partial charge is 0.317 e. The van der Waals surface area contributed by atoms with Crippen molar-refractivity contribution < 1.29 is 0 Å². The fourth-order valence-electron chi connectivity index (χ4n) is 3.71. The van der Waals surface area contributed by atoms with Crippen molar-refractivity contribution in [3.8, 4) is 0 Å². The molecule has 2 aliphatic heterocycles. The molecule has 1 aromatic rings. The molecule has 3 heterocycles. The molecule has 4 nitrogen and oxygen atoms in total. The summed E-state index contributed by atoms with van der Waals surface area (Å²) < 4.78 is 2.10. The average Bonchev–Trinajstić information content (AvgIpc) is 2.97. The van der Waals surface area contributed by atoms with E-state index in [0.29, 0.717) is 11.5 Å². The molecule has 1 spiro atoms. The van der Waals surface area contributed by atoms with Crippen LogP contribution >= 0.6 is 12.4 Å². The molecule has 0 saturated carbocycles. The molecule has 2 aliphatic rings. The summed E-state index contributed by atoms with van der Waals surface area (Å²) in [6.07, 6.45) is 6.33. The zero-order valence-corrected chi connectivity index (χ0v) is 14.4. The molecular formula is C16H29ClN4. The fraction of sp³-hybridized carbons (Fsp3) is 0.812. The quantitative estimate of drug-likeness (QED) is 0.931. The van der Waals surface area contributed by atoms with Gasteiger partial charge in [0.15, 0.2) is 0 Å². The van der Waals surface area contributed by atoms with E-state index >= 15 is 0 Å². The lowest BCUT2D eigenvalue weighted by Gasteiger charge is -2.33. The van der Waals surface area contributed by atoms with Gasteiger partial charge < -0.3 is 5.32 Å². The van der Waals surface area contributed by atoms with Crippen LogP contribution in [0.25, 0.3) is 0 Å². The minimum atomic E-state index is 0. The Balaban J connectivity index is 0.00000161. The number of nitrogens with zero attached hydrogens (tertiary/aromatic N) is 3. The van der Waals surface area contributed by atoms with Crippen molar-refractivity contribution in [2.75, 3.05) is 26.2 Å². The summed E-state index contributed by atoms with van der Waals surface area (Å²) in [7, 11) is 0. The van der Waals surface area contributed by atoms with Crippen LogP contribution in [0.15, 0.2) is 6.20 Å². The highest BCUT2D eigenvalue weighted by Gasteiger charge is 2.38. The standard InChI is InChI=1S/C16H28N4.ClH/c1-13(2)20-11-15(14(3)18-20)10-19-9-6-16(12-19)4-7-17-8-5-16;/h11,13,17H,4-10,12H2,1-3H3;1H. The van der Waals surface area contributed by atoms with Gasteiger partial charge in [-0.25, -0.2) is 0 Å². The van der Waals surface area contributed by atoms with Gasteiger partial charge in [-0.15, -0.1) is 12.4 Å². The first-order valence-corrected chi connectivity index (χ1v) is 8.06. The third-order valence-corrected chi connectivity index (χ3v) is 5.12. The number of likely N-dealkylation sites (tertiary alicyclic amines) is 1. The van der Waals surface area contributed by atoms with Crippen molar-refractivity contribution in [2.45, 2.75) is 52.6 Å². The molecule has 1 aromatic heterocycles. The molecule has 0 unspecified atom stereocenters. The van der Waals surface area contributed by atoms with E-state index in [1.807, 2.05) is 0 Å². The summed E-state index contributed by atoms with van der Waals surface area (Å²) in [5.74, 6) is 0. The molecule has 0 atom stereocenters. The minimum Gasteiger partial charge on any atom is -0.317 e. The Morgan fingerprint density at radius 3 is 2.62 bits per heavy atom. The lowest BCUT2D eigenvalue weighted by atomic mass is 9.78. The number of rotatable bonds is 3. The molecule has 0 amide bonds. The van der Waals surface area contributed by atoms with Crippen LogP contribution in [0, 0.1) is 12.3 Å². The Kier molecular flexibility index (Phi) is 5.33. The van der Waals surface area contributed by atoms with E-state index in [2.05, 4.69) is 47.0 Å². The first-order chi connectivity index (χ1) is 9.58. The number of aromatic nitrogens is 2. The fourth-order valence-corrected chi connectivity index (χ4v) is 3.71. The van der Waals surface area contributed by atoms with Crippen LogP contribution in [0.2, 0.25) is 0 Å². The predicted molar refractivity (Wildman–Crippen MR) is 89.0 cm³/mol. The Hall–Kier alpha value is -0.580. The van der Waals surface area contributed by atoms with Crippen LogP contribution in [0.5, 0.6) is 0 Å². The van der Waals surface area contributed by atoms with E-state index in [-0.39, 0.29) is 12.4 Å². The Bertz CT molecular complexity index is 463. The lowest BCUT2D eigenvalue weighted by molar-refractivity contribution is 0.194. The van der Waals surface area contributed by atoms with Crippen molar-refractivity contribution >= 4 is 12.4 Å². The van der Waals surface area contributed by atoms with Crippen LogP contribution in [-0.4, -0.2) is 40.9 Å². The summed E-state index contributed by atoms with van der Waals surface area (Å²) in [6, 6.07) is 0.455. The molecule has 120 valence electrons. The number of piperidine rings is 1. The number of nitrogens with one attached hydrogen (secondary N) is 1. The van der Waals surface area contributed by atoms with Crippen LogP contribution < -0.4 is 5.32 Å². The molecule has 2 fully saturated rings. The highest BCUT2D eigenvalue weighted by Crippen LogP contribution is 2.39. The average molecular weight is 313 g/mol. The van der Waals surface area contributed by atoms with Gasteiger partial charge in [0.2, 0.25) is 0 Å². The highest BCUT2D eigenvalue weighted by molar-refractivity contribution is 5.85. The van der Waals surface area contributed by atoms with Crippen LogP contribution in [0.1, 0.15) is 50.4 Å². The normalized spacial score (nSPS) is 21.9. The molecule has 3 rings (SSSR count). The van der Waals surface area contributed by atoms with Crippen LogP contribution in [-0.2, 0) is 6.54 Å². The van der Waals surface area contributed by atoms with E-state index in [1.165, 1.54) is 56.7 Å². The van der Waals surface area contributed by atoms with Crippen molar-refractivity contribution in [1.82, 2.24) is 20.0 Å². The summed E-state index contributed by atoms with van der Waals surface area (Å²) in [5.41, 5.74) is 3.21. The zero-order valence-electron chi connectivity index (χ0n) is 13.6. The second kappa shape index (κ2) is 6.67. The predicted octanol–water partition coefficient (Wildman–Crippen LogP) is 2.77. The third-order valence-electron chi connectivity index (χ3n) is 5.12. The van der Waals surface area contributed by atoms with Gasteiger partial charge in [0.1, 0.15) is 0 Å². The second-order valence-corrected chi connectivity index (χ2v) is 7.02. The second-order valence-electron chi connectivity index (χ2n) is 7.02. The van der Waals surface area contributed by atoms with Gasteiger partial charge in [0.25, 0.3) is 0 Å². The van der Waals surface area contributed by atoms with Crippen molar-refractivity contribution in [3.63, 3.8) is 0 Å². The SMILES string of the molecule is Cc1nn(C(C)C)cc1CN1CCC2(CCNCC2)C1.Cl.